The SMILES string of the molecule is COc1ccc(N2C(=O)C(C)(C)CS2(=O)=O)cc1S(=O)(=O)Nc1cccc(Cl)c1. The summed E-state index contributed by atoms with van der Waals surface area (Å²) < 4.78 is 59.1. The predicted molar refractivity (Wildman–Crippen MR) is 110 cm³/mol. The summed E-state index contributed by atoms with van der Waals surface area (Å²) in [6.45, 7) is 3.05. The molecule has 0 atom stereocenters. The minimum atomic E-state index is -4.17. The molecule has 0 radical (unpaired) electrons. The molecule has 2 aromatic rings. The Balaban J connectivity index is 2.10. The van der Waals surface area contributed by atoms with Gasteiger partial charge < -0.3 is 4.74 Å². The maximum Gasteiger partial charge on any atom is 0.265 e. The second-order valence-electron chi connectivity index (χ2n) is 7.16. The number of methoxy groups -OCH3 is 1. The van der Waals surface area contributed by atoms with E-state index >= 15 is 0 Å². The molecule has 1 heterocycles. The summed E-state index contributed by atoms with van der Waals surface area (Å²) in [5.74, 6) is -1.01. The molecule has 0 bridgehead atoms. The lowest BCUT2D eigenvalue weighted by atomic mass is 9.95. The molecular weight excluding hydrogens is 440 g/mol. The Bertz CT molecular complexity index is 1190. The largest absolute Gasteiger partial charge is 0.495 e. The summed E-state index contributed by atoms with van der Waals surface area (Å²) in [5.41, 5.74) is -0.972. The third-order valence-corrected chi connectivity index (χ3v) is 7.99. The fourth-order valence-electron chi connectivity index (χ4n) is 3.03. The predicted octanol–water partition coefficient (Wildman–Crippen LogP) is 2.85. The Morgan fingerprint density at radius 1 is 1.17 bits per heavy atom. The Morgan fingerprint density at radius 3 is 2.41 bits per heavy atom. The summed E-state index contributed by atoms with van der Waals surface area (Å²) in [5, 5.41) is 0.335. The van der Waals surface area contributed by atoms with Crippen LogP contribution in [0.5, 0.6) is 5.75 Å². The van der Waals surface area contributed by atoms with Gasteiger partial charge in [-0.05, 0) is 50.2 Å². The van der Waals surface area contributed by atoms with E-state index in [2.05, 4.69) is 4.72 Å². The molecule has 1 amide bonds. The second kappa shape index (κ2) is 7.19. The van der Waals surface area contributed by atoms with Gasteiger partial charge in [-0.2, -0.15) is 0 Å². The van der Waals surface area contributed by atoms with Crippen LogP contribution in [0.2, 0.25) is 5.02 Å². The summed E-state index contributed by atoms with van der Waals surface area (Å²) >= 11 is 5.89. The van der Waals surface area contributed by atoms with E-state index in [0.29, 0.717) is 9.33 Å². The van der Waals surface area contributed by atoms with Gasteiger partial charge >= 0.3 is 0 Å². The lowest BCUT2D eigenvalue weighted by Crippen LogP contribution is -2.33. The fourth-order valence-corrected chi connectivity index (χ4v) is 6.55. The molecule has 0 aliphatic carbocycles. The number of anilines is 2. The topological polar surface area (TPSA) is 110 Å². The first-order valence-corrected chi connectivity index (χ1v) is 11.9. The number of sulfonamides is 2. The first kappa shape index (κ1) is 21.4. The molecule has 0 spiro atoms. The summed E-state index contributed by atoms with van der Waals surface area (Å²) in [4.78, 5) is 12.3. The fraction of sp³-hybridized carbons (Fsp3) is 0.278. The molecule has 11 heteroatoms. The molecule has 0 aromatic heterocycles. The van der Waals surface area contributed by atoms with Gasteiger partial charge in [-0.25, -0.2) is 21.1 Å². The molecule has 1 saturated heterocycles. The van der Waals surface area contributed by atoms with Crippen LogP contribution in [-0.2, 0) is 24.8 Å². The van der Waals surface area contributed by atoms with Crippen molar-refractivity contribution in [1.29, 1.82) is 0 Å². The van der Waals surface area contributed by atoms with E-state index in [-0.39, 0.29) is 27.8 Å². The minimum Gasteiger partial charge on any atom is -0.495 e. The van der Waals surface area contributed by atoms with E-state index in [1.54, 1.807) is 12.1 Å². The molecule has 1 aliphatic heterocycles. The van der Waals surface area contributed by atoms with Gasteiger partial charge in [0.1, 0.15) is 10.6 Å². The number of nitrogens with one attached hydrogen (secondary N) is 1. The molecule has 1 aliphatic rings. The smallest absolute Gasteiger partial charge is 0.265 e. The van der Waals surface area contributed by atoms with Crippen LogP contribution in [-0.4, -0.2) is 35.6 Å². The zero-order valence-corrected chi connectivity index (χ0v) is 18.2. The van der Waals surface area contributed by atoms with Gasteiger partial charge in [0, 0.05) is 5.02 Å². The normalized spacial score (nSPS) is 17.9. The number of ether oxygens (including phenoxy) is 1. The molecular formula is C18H19ClN2O6S2. The van der Waals surface area contributed by atoms with Crippen molar-refractivity contribution in [3.05, 3.63) is 47.5 Å². The van der Waals surface area contributed by atoms with E-state index in [9.17, 15) is 21.6 Å². The number of hydrogen-bond acceptors (Lipinski definition) is 6. The Hall–Kier alpha value is -2.30. The Morgan fingerprint density at radius 2 is 1.86 bits per heavy atom. The number of hydrogen-bond donors (Lipinski definition) is 1. The lowest BCUT2D eigenvalue weighted by Gasteiger charge is -2.19. The van der Waals surface area contributed by atoms with E-state index < -0.39 is 31.4 Å². The monoisotopic (exact) mass is 458 g/mol. The third-order valence-electron chi connectivity index (χ3n) is 4.33. The van der Waals surface area contributed by atoms with Gasteiger partial charge in [0.15, 0.2) is 0 Å². The zero-order valence-electron chi connectivity index (χ0n) is 15.8. The van der Waals surface area contributed by atoms with Gasteiger partial charge in [0.2, 0.25) is 15.9 Å². The van der Waals surface area contributed by atoms with Crippen LogP contribution in [0.4, 0.5) is 11.4 Å². The third kappa shape index (κ3) is 4.05. The maximum absolute atomic E-state index is 12.9. The van der Waals surface area contributed by atoms with Gasteiger partial charge in [-0.1, -0.05) is 17.7 Å². The molecule has 156 valence electrons. The first-order chi connectivity index (χ1) is 13.4. The average molecular weight is 459 g/mol. The highest BCUT2D eigenvalue weighted by atomic mass is 35.5. The highest BCUT2D eigenvalue weighted by Gasteiger charge is 2.50. The number of benzene rings is 2. The summed E-state index contributed by atoms with van der Waals surface area (Å²) in [6.07, 6.45) is 0. The molecule has 29 heavy (non-hydrogen) atoms. The number of halogens is 1. The zero-order chi connectivity index (χ0) is 21.6. The van der Waals surface area contributed by atoms with Crippen molar-refractivity contribution in [2.75, 3.05) is 21.9 Å². The average Bonchev–Trinajstić information content (AvgIpc) is 2.76. The van der Waals surface area contributed by atoms with Crippen LogP contribution in [0.3, 0.4) is 0 Å². The highest BCUT2D eigenvalue weighted by Crippen LogP contribution is 2.38. The first-order valence-electron chi connectivity index (χ1n) is 8.41. The van der Waals surface area contributed by atoms with Crippen molar-refractivity contribution >= 4 is 48.9 Å². The molecule has 1 fully saturated rings. The van der Waals surface area contributed by atoms with E-state index in [1.165, 1.54) is 45.2 Å². The number of rotatable bonds is 5. The van der Waals surface area contributed by atoms with Crippen molar-refractivity contribution in [2.45, 2.75) is 18.7 Å². The van der Waals surface area contributed by atoms with E-state index in [0.717, 1.165) is 6.07 Å². The van der Waals surface area contributed by atoms with Gasteiger partial charge in [0.05, 0.1) is 29.7 Å². The van der Waals surface area contributed by atoms with Crippen molar-refractivity contribution in [3.8, 4) is 5.75 Å². The van der Waals surface area contributed by atoms with Crippen LogP contribution < -0.4 is 13.8 Å². The summed E-state index contributed by atoms with van der Waals surface area (Å²) in [6, 6.07) is 9.83. The molecule has 8 nitrogen and oxygen atoms in total. The number of nitrogens with zero attached hydrogens (tertiary/aromatic N) is 1. The van der Waals surface area contributed by atoms with Crippen molar-refractivity contribution in [3.63, 3.8) is 0 Å². The van der Waals surface area contributed by atoms with Crippen molar-refractivity contribution in [2.24, 2.45) is 5.41 Å². The van der Waals surface area contributed by atoms with Gasteiger partial charge in [0.25, 0.3) is 10.0 Å². The number of carbonyl (C=O) groups excluding carboxylic acids is 1. The standard InChI is InChI=1S/C18H19ClN2O6S2/c1-18(2)11-28(23,24)21(17(18)22)14-7-8-15(27-3)16(10-14)29(25,26)20-13-6-4-5-12(19)9-13/h4-10,20H,11H2,1-3H3. The Labute approximate surface area is 174 Å². The van der Waals surface area contributed by atoms with Gasteiger partial charge in [-0.3, -0.25) is 9.52 Å². The molecule has 2 aromatic carbocycles. The van der Waals surface area contributed by atoms with Crippen molar-refractivity contribution in [1.82, 2.24) is 0 Å². The molecule has 0 unspecified atom stereocenters. The maximum atomic E-state index is 12.9. The minimum absolute atomic E-state index is 0.00779. The van der Waals surface area contributed by atoms with Crippen LogP contribution in [0.25, 0.3) is 0 Å². The Kier molecular flexibility index (Phi) is 5.31. The van der Waals surface area contributed by atoms with Crippen LogP contribution >= 0.6 is 11.6 Å². The van der Waals surface area contributed by atoms with E-state index in [4.69, 9.17) is 16.3 Å². The van der Waals surface area contributed by atoms with Crippen LogP contribution in [0.1, 0.15) is 13.8 Å². The molecule has 0 saturated carbocycles. The second-order valence-corrected chi connectivity index (χ2v) is 11.1. The quantitative estimate of drug-likeness (QED) is 0.737. The van der Waals surface area contributed by atoms with Crippen molar-refractivity contribution < 1.29 is 26.4 Å². The van der Waals surface area contributed by atoms with Crippen LogP contribution in [0, 0.1) is 5.41 Å². The molecule has 1 N–H and O–H groups in total. The van der Waals surface area contributed by atoms with Crippen LogP contribution in [0.15, 0.2) is 47.4 Å². The highest BCUT2D eigenvalue weighted by molar-refractivity contribution is 7.94. The van der Waals surface area contributed by atoms with E-state index in [1.807, 2.05) is 0 Å². The number of amides is 1. The van der Waals surface area contributed by atoms with Gasteiger partial charge in [-0.15, -0.1) is 0 Å². The number of carbonyl (C=O) groups is 1. The lowest BCUT2D eigenvalue weighted by molar-refractivity contribution is -0.123. The molecule has 3 rings (SSSR count). The summed E-state index contributed by atoms with van der Waals surface area (Å²) in [7, 11) is -6.82.